The quantitative estimate of drug-likeness (QED) is 0.0376. The molecular formula is C112H56BF28Rb. The summed E-state index contributed by atoms with van der Waals surface area (Å²) in [6.07, 6.45) is -7.84. The van der Waals surface area contributed by atoms with Crippen molar-refractivity contribution in [2.45, 2.75) is 55.4 Å². The van der Waals surface area contributed by atoms with Gasteiger partial charge < -0.3 is 0 Å². The van der Waals surface area contributed by atoms with Crippen LogP contribution in [0.4, 0.5) is 123 Å². The second kappa shape index (κ2) is 35.2. The summed E-state index contributed by atoms with van der Waals surface area (Å²) in [6, 6.07) is 31.0. The summed E-state index contributed by atoms with van der Waals surface area (Å²) in [4.78, 5) is 0. The molecule has 20 rings (SSSR count). The number of hydrogen-bond acceptors (Lipinski definition) is 0. The third kappa shape index (κ3) is 13.9. The van der Waals surface area contributed by atoms with Crippen molar-refractivity contribution in [3.05, 3.63) is 402 Å². The second-order valence-electron chi connectivity index (χ2n) is 35.2. The molecule has 0 radical (unpaired) electrons. The first-order chi connectivity index (χ1) is 67.0. The Morgan fingerprint density at radius 1 is 0.113 bits per heavy atom. The van der Waals surface area contributed by atoms with Gasteiger partial charge in [-0.2, -0.15) is 0 Å². The smallest absolute Gasteiger partial charge is 0.207 e. The molecule has 0 nitrogen and oxygen atoms in total. The van der Waals surface area contributed by atoms with Crippen LogP contribution in [0.2, 0.25) is 0 Å². The van der Waals surface area contributed by atoms with Gasteiger partial charge in [0.25, 0.3) is 0 Å². The van der Waals surface area contributed by atoms with Crippen molar-refractivity contribution in [3.8, 4) is 89.0 Å². The van der Waals surface area contributed by atoms with Crippen LogP contribution in [0, 0.1) is 218 Å². The van der Waals surface area contributed by atoms with Gasteiger partial charge in [-0.05, 0) is 144 Å². The van der Waals surface area contributed by atoms with Gasteiger partial charge in [-0.15, -0.1) is 21.9 Å². The van der Waals surface area contributed by atoms with Gasteiger partial charge in [0.1, 0.15) is 29.4 Å². The third-order valence-electron chi connectivity index (χ3n) is 27.0. The summed E-state index contributed by atoms with van der Waals surface area (Å²) in [6.45, 7) is 10.7. The minimum atomic E-state index is -7.84. The Morgan fingerprint density at radius 2 is 0.204 bits per heavy atom. The maximum atomic E-state index is 22.3. The Hall–Kier alpha value is -13.6. The molecule has 0 aliphatic heterocycles. The maximum Gasteiger partial charge on any atom is 1.00 e. The number of halogens is 28. The first-order valence-corrected chi connectivity index (χ1v) is 43.0. The molecule has 0 aromatic heterocycles. The maximum absolute atomic E-state index is 22.3. The average molecular weight is 2030 g/mol. The Balaban J connectivity index is 0.0000128. The molecule has 0 aliphatic carbocycles. The summed E-state index contributed by atoms with van der Waals surface area (Å²) >= 11 is 0. The second-order valence-corrected chi connectivity index (χ2v) is 35.2. The van der Waals surface area contributed by atoms with Crippen molar-refractivity contribution in [1.29, 1.82) is 0 Å². The molecule has 0 saturated heterocycles. The molecule has 704 valence electrons. The van der Waals surface area contributed by atoms with Crippen LogP contribution in [-0.2, 0) is 0 Å². The molecule has 0 unspecified atom stereocenters. The van der Waals surface area contributed by atoms with Crippen LogP contribution < -0.4 is 80.0 Å². The van der Waals surface area contributed by atoms with Crippen molar-refractivity contribution in [3.63, 3.8) is 0 Å². The van der Waals surface area contributed by atoms with Crippen molar-refractivity contribution >= 4 is 114 Å². The molecule has 0 heterocycles. The minimum Gasteiger partial charge on any atom is -0.207 e. The fourth-order valence-electron chi connectivity index (χ4n) is 20.7. The first-order valence-electron chi connectivity index (χ1n) is 43.0. The molecule has 0 bridgehead atoms. The molecule has 0 spiro atoms. The fraction of sp³-hybridized carbons (Fsp3) is 0.0714. The molecule has 0 N–H and O–H groups in total. The van der Waals surface area contributed by atoms with Gasteiger partial charge in [0.15, 0.2) is 140 Å². The summed E-state index contributed by atoms with van der Waals surface area (Å²) in [5, 5.41) is -35.5. The van der Waals surface area contributed by atoms with Crippen molar-refractivity contribution in [2.75, 3.05) is 0 Å². The van der Waals surface area contributed by atoms with Gasteiger partial charge in [0.05, 0.1) is 0 Å². The van der Waals surface area contributed by atoms with Gasteiger partial charge in [-0.3, -0.25) is 0 Å². The molecule has 0 saturated carbocycles. The van der Waals surface area contributed by atoms with E-state index >= 15 is 123 Å². The monoisotopic (exact) mass is 2030 g/mol. The van der Waals surface area contributed by atoms with Gasteiger partial charge in [-0.25, -0.2) is 123 Å². The van der Waals surface area contributed by atoms with Gasteiger partial charge in [0, 0.05) is 86.9 Å². The molecule has 142 heavy (non-hydrogen) atoms. The van der Waals surface area contributed by atoms with Crippen molar-refractivity contribution < 1.29 is 181 Å². The predicted molar refractivity (Wildman–Crippen MR) is 490 cm³/mol. The van der Waals surface area contributed by atoms with Crippen LogP contribution in [0.15, 0.2) is 194 Å². The average Bonchev–Trinajstić information content (AvgIpc) is 0.647. The van der Waals surface area contributed by atoms with E-state index in [0.29, 0.717) is 0 Å². The number of fused-ring (bicyclic) bond motifs is 12. The van der Waals surface area contributed by atoms with Crippen LogP contribution in [0.1, 0.15) is 44.5 Å². The molecule has 0 fully saturated rings. The number of aryl methyl sites for hydroxylation is 8. The molecule has 0 amide bonds. The van der Waals surface area contributed by atoms with Gasteiger partial charge in [-0.1, -0.05) is 239 Å². The Labute approximate surface area is 834 Å². The Kier molecular flexibility index (Phi) is 24.1. The van der Waals surface area contributed by atoms with Crippen LogP contribution >= 0.6 is 0 Å². The van der Waals surface area contributed by atoms with Crippen molar-refractivity contribution in [1.82, 2.24) is 0 Å². The van der Waals surface area contributed by atoms with E-state index in [1.807, 2.05) is 0 Å². The zero-order valence-corrected chi connectivity index (χ0v) is 79.6. The Morgan fingerprint density at radius 3 is 0.324 bits per heavy atom. The number of benzene rings is 20. The summed E-state index contributed by atoms with van der Waals surface area (Å²) in [7, 11) is 0. The zero-order valence-electron chi connectivity index (χ0n) is 74.6. The van der Waals surface area contributed by atoms with Crippen molar-refractivity contribution in [2.24, 2.45) is 0 Å². The van der Waals surface area contributed by atoms with E-state index in [9.17, 15) is 0 Å². The Bertz CT molecular complexity index is 7960. The predicted octanol–water partition coefficient (Wildman–Crippen LogP) is 29.0. The van der Waals surface area contributed by atoms with E-state index in [2.05, 4.69) is 0 Å². The summed E-state index contributed by atoms with van der Waals surface area (Å²) in [5.74, 6) is -87.0. The third-order valence-corrected chi connectivity index (χ3v) is 27.0. The number of rotatable bonds is 12. The van der Waals surface area contributed by atoms with Crippen LogP contribution in [0.5, 0.6) is 0 Å². The van der Waals surface area contributed by atoms with E-state index in [1.54, 1.807) is 0 Å². The molecule has 30 heteroatoms. The van der Waals surface area contributed by atoms with E-state index in [4.69, 9.17) is 0 Å². The molecule has 20 aromatic carbocycles. The van der Waals surface area contributed by atoms with Gasteiger partial charge in [0.2, 0.25) is 0 Å². The zero-order chi connectivity index (χ0) is 101. The van der Waals surface area contributed by atoms with E-state index in [-0.39, 0.29) is 103 Å². The molecular weight excluding hydrogens is 1970 g/mol. The fourth-order valence-corrected chi connectivity index (χ4v) is 20.7. The first kappa shape index (κ1) is 97.2. The topological polar surface area (TPSA) is 0 Å². The SMILES string of the molecule is Cc1ccc(-c2c(-c3ccc(C)cc3)c3c([B-](c4c(F)c(F)c(F)c5c4c(-c4ccc(C)cc4)c(-c4ccc(C)cc4)c4c(F)c(F)c(F)c(F)c45)(c4c(F)c(F)c(F)c5c4c(-c4ccc(C)cc4)c(-c4ccc(C)cc4)c4c(F)c(F)c(F)c(F)c45)c4c(F)c(F)c(F)c5c4c(-c4ccc(C)cc4)c(-c4ccc(C)cc4)c4c(F)c(F)c(F)c(F)c45)c(F)c(F)c(F)c3c3c(F)c(F)c(F)c(F)c23)cc1.[Rb+]. The van der Waals surface area contributed by atoms with Gasteiger partial charge >= 0.3 is 58.2 Å². The molecule has 20 aromatic rings. The van der Waals surface area contributed by atoms with Crippen LogP contribution in [0.3, 0.4) is 0 Å². The number of hydrogen-bond donors (Lipinski definition) is 0. The van der Waals surface area contributed by atoms with E-state index in [1.165, 1.54) is 55.4 Å². The van der Waals surface area contributed by atoms with E-state index < -0.39 is 366 Å². The summed E-state index contributed by atoms with van der Waals surface area (Å²) in [5.41, 5.74) is -29.7. The summed E-state index contributed by atoms with van der Waals surface area (Å²) < 4.78 is 543. The standard InChI is InChI=1S/C112H56BF28.Rb/c1-41-9-25-49(26-10-41)57-61(53-33-17-45(5)18-34-53)69-77(93(122)109(138)105(134)85(69)114)73-65(57)81(97(126)101(130)89(73)118)113(82-66-58(50-27-11-42(2)12-28-50)62(54-35-19-46(6)20-36-54)70-78(74(66)90(119)102(131)98(82)127)94(123)110(139)106(135)86(70)115,83-67-59(51-29-13-43(3)14-30-51)63(55-37-21-47(7)22-38-55)71-79(75(67)91(120)103(132)99(83)128)95(124)111(140)107(136)87(71)116)84-68-60(52-31-15-44(4)16-32-52)64(56-39-23-48(8)24-40-56)72-80(76(68)92(121)104(133)100(84)129)96(125)112(141)108(137)88(72)117;/h9-40H,1-8H3;/q-1;+1. The van der Waals surface area contributed by atoms with E-state index in [0.717, 1.165) is 194 Å². The molecule has 0 aliphatic rings. The largest absolute Gasteiger partial charge is 1.00 e. The molecule has 0 atom stereocenters. The normalized spacial score (nSPS) is 12.0. The minimum absolute atomic E-state index is 0. The van der Waals surface area contributed by atoms with Crippen LogP contribution in [0.25, 0.3) is 175 Å². The van der Waals surface area contributed by atoms with Crippen LogP contribution in [-0.4, -0.2) is 6.15 Å².